The Bertz CT molecular complexity index is 726. The Hall–Kier alpha value is -1.52. The Kier molecular flexibility index (Phi) is 3.44. The Balaban J connectivity index is 1.86. The van der Waals surface area contributed by atoms with Crippen molar-refractivity contribution in [3.05, 3.63) is 57.9 Å². The van der Waals surface area contributed by atoms with Gasteiger partial charge in [0.2, 0.25) is 5.88 Å². The first-order chi connectivity index (χ1) is 9.24. The maximum Gasteiger partial charge on any atom is 0.214 e. The Morgan fingerprint density at radius 2 is 2.11 bits per heavy atom. The summed E-state index contributed by atoms with van der Waals surface area (Å²) >= 11 is 9.39. The summed E-state index contributed by atoms with van der Waals surface area (Å²) in [6.45, 7) is 0.380. The smallest absolute Gasteiger partial charge is 0.214 e. The number of nitrogens with zero attached hydrogens (tertiary/aromatic N) is 1. The number of ether oxygens (including phenoxy) is 1. The van der Waals surface area contributed by atoms with Crippen molar-refractivity contribution in [2.45, 2.75) is 6.61 Å². The van der Waals surface area contributed by atoms with Crippen LogP contribution in [0, 0.1) is 0 Å². The van der Waals surface area contributed by atoms with Gasteiger partial charge in [0.1, 0.15) is 16.8 Å². The predicted molar refractivity (Wildman–Crippen MR) is 77.5 cm³/mol. The molecule has 0 aliphatic carbocycles. The lowest BCUT2D eigenvalue weighted by atomic mass is 10.1. The fraction of sp³-hybridized carbons (Fsp3) is 0.0714. The van der Waals surface area contributed by atoms with Gasteiger partial charge in [-0.25, -0.2) is 4.98 Å². The molecule has 2 aromatic heterocycles. The molecule has 0 amide bonds. The lowest BCUT2D eigenvalue weighted by molar-refractivity contribution is 0.293. The van der Waals surface area contributed by atoms with Crippen LogP contribution < -0.4 is 4.74 Å². The van der Waals surface area contributed by atoms with Crippen molar-refractivity contribution in [1.82, 2.24) is 4.98 Å². The normalized spacial score (nSPS) is 10.8. The standard InChI is InChI=1S/C14H9BrClNO2/c15-12-2-1-3-13(17-12)19-8-9-4-5-11(16)10-6-7-18-14(9)10/h1-7H,8H2. The summed E-state index contributed by atoms with van der Waals surface area (Å²) in [4.78, 5) is 4.21. The Morgan fingerprint density at radius 3 is 2.95 bits per heavy atom. The van der Waals surface area contributed by atoms with Crippen molar-refractivity contribution in [3.8, 4) is 5.88 Å². The predicted octanol–water partition coefficient (Wildman–Crippen LogP) is 4.82. The molecular formula is C14H9BrClNO2. The molecule has 96 valence electrons. The average Bonchev–Trinajstić information content (AvgIpc) is 2.88. The third kappa shape index (κ3) is 2.60. The minimum Gasteiger partial charge on any atom is -0.473 e. The van der Waals surface area contributed by atoms with Crippen molar-refractivity contribution in [1.29, 1.82) is 0 Å². The van der Waals surface area contributed by atoms with Crippen LogP contribution in [-0.4, -0.2) is 4.98 Å². The first kappa shape index (κ1) is 12.5. The number of benzene rings is 1. The van der Waals surface area contributed by atoms with Crippen LogP contribution in [0.15, 0.2) is 51.7 Å². The summed E-state index contributed by atoms with van der Waals surface area (Å²) in [6.07, 6.45) is 1.62. The zero-order chi connectivity index (χ0) is 13.2. The minimum absolute atomic E-state index is 0.380. The molecule has 2 heterocycles. The molecule has 3 nitrogen and oxygen atoms in total. The Labute approximate surface area is 123 Å². The third-order valence-electron chi connectivity index (χ3n) is 2.71. The van der Waals surface area contributed by atoms with Crippen LogP contribution in [0.5, 0.6) is 5.88 Å². The molecule has 0 N–H and O–H groups in total. The largest absolute Gasteiger partial charge is 0.473 e. The van der Waals surface area contributed by atoms with Gasteiger partial charge in [0, 0.05) is 17.0 Å². The zero-order valence-electron chi connectivity index (χ0n) is 9.77. The van der Waals surface area contributed by atoms with Crippen LogP contribution >= 0.6 is 27.5 Å². The van der Waals surface area contributed by atoms with E-state index in [9.17, 15) is 0 Å². The van der Waals surface area contributed by atoms with Crippen molar-refractivity contribution >= 4 is 38.5 Å². The number of halogens is 2. The molecule has 0 spiro atoms. The van der Waals surface area contributed by atoms with Gasteiger partial charge in [-0.3, -0.25) is 0 Å². The van der Waals surface area contributed by atoms with E-state index in [0.717, 1.165) is 21.1 Å². The fourth-order valence-electron chi connectivity index (χ4n) is 1.82. The lowest BCUT2D eigenvalue weighted by Crippen LogP contribution is -1.97. The molecule has 3 rings (SSSR count). The van der Waals surface area contributed by atoms with E-state index in [0.29, 0.717) is 17.5 Å². The maximum absolute atomic E-state index is 6.09. The lowest BCUT2D eigenvalue weighted by Gasteiger charge is -2.06. The number of fused-ring (bicyclic) bond motifs is 1. The van der Waals surface area contributed by atoms with E-state index in [1.807, 2.05) is 30.3 Å². The topological polar surface area (TPSA) is 35.3 Å². The van der Waals surface area contributed by atoms with Gasteiger partial charge in [0.05, 0.1) is 11.3 Å². The molecule has 0 aliphatic heterocycles. The first-order valence-electron chi connectivity index (χ1n) is 5.64. The summed E-state index contributed by atoms with van der Waals surface area (Å²) in [5.74, 6) is 0.559. The monoisotopic (exact) mass is 337 g/mol. The van der Waals surface area contributed by atoms with Crippen molar-refractivity contribution in [3.63, 3.8) is 0 Å². The second-order valence-electron chi connectivity index (χ2n) is 3.96. The molecule has 0 aliphatic rings. The second-order valence-corrected chi connectivity index (χ2v) is 5.18. The molecular weight excluding hydrogens is 330 g/mol. The van der Waals surface area contributed by atoms with E-state index in [-0.39, 0.29) is 0 Å². The molecule has 1 aromatic carbocycles. The molecule has 0 saturated heterocycles. The molecule has 3 aromatic rings. The summed E-state index contributed by atoms with van der Waals surface area (Å²) in [7, 11) is 0. The summed E-state index contributed by atoms with van der Waals surface area (Å²) in [5.41, 5.74) is 1.69. The molecule has 0 unspecified atom stereocenters. The van der Waals surface area contributed by atoms with Crippen LogP contribution in [0.2, 0.25) is 5.02 Å². The first-order valence-corrected chi connectivity index (χ1v) is 6.81. The summed E-state index contributed by atoms with van der Waals surface area (Å²) in [6, 6.07) is 11.1. The van der Waals surface area contributed by atoms with Crippen LogP contribution in [0.3, 0.4) is 0 Å². The van der Waals surface area contributed by atoms with Gasteiger partial charge in [-0.2, -0.15) is 0 Å². The van der Waals surface area contributed by atoms with E-state index in [1.54, 1.807) is 12.3 Å². The summed E-state index contributed by atoms with van der Waals surface area (Å²) < 4.78 is 11.8. The van der Waals surface area contributed by atoms with Gasteiger partial charge < -0.3 is 9.15 Å². The fourth-order valence-corrected chi connectivity index (χ4v) is 2.36. The number of hydrogen-bond acceptors (Lipinski definition) is 3. The van der Waals surface area contributed by atoms with Crippen LogP contribution in [-0.2, 0) is 6.61 Å². The quantitative estimate of drug-likeness (QED) is 0.642. The van der Waals surface area contributed by atoms with Gasteiger partial charge in [-0.05, 0) is 34.1 Å². The Morgan fingerprint density at radius 1 is 1.21 bits per heavy atom. The number of rotatable bonds is 3. The van der Waals surface area contributed by atoms with Gasteiger partial charge in [0.25, 0.3) is 0 Å². The van der Waals surface area contributed by atoms with E-state index < -0.39 is 0 Å². The van der Waals surface area contributed by atoms with Crippen molar-refractivity contribution in [2.75, 3.05) is 0 Å². The number of aromatic nitrogens is 1. The highest BCUT2D eigenvalue weighted by Crippen LogP contribution is 2.28. The third-order valence-corrected chi connectivity index (χ3v) is 3.48. The molecule has 0 atom stereocenters. The van der Waals surface area contributed by atoms with Crippen molar-refractivity contribution < 1.29 is 9.15 Å². The SMILES string of the molecule is Clc1ccc(COc2cccc(Br)n2)c2occc12. The highest BCUT2D eigenvalue weighted by atomic mass is 79.9. The van der Waals surface area contributed by atoms with Gasteiger partial charge >= 0.3 is 0 Å². The minimum atomic E-state index is 0.380. The van der Waals surface area contributed by atoms with Crippen LogP contribution in [0.4, 0.5) is 0 Å². The van der Waals surface area contributed by atoms with E-state index in [1.165, 1.54) is 0 Å². The summed E-state index contributed by atoms with van der Waals surface area (Å²) in [5, 5.41) is 1.57. The molecule has 0 fully saturated rings. The van der Waals surface area contributed by atoms with Gasteiger partial charge in [-0.1, -0.05) is 23.7 Å². The molecule has 19 heavy (non-hydrogen) atoms. The highest BCUT2D eigenvalue weighted by Gasteiger charge is 2.08. The number of furan rings is 1. The molecule has 0 saturated carbocycles. The van der Waals surface area contributed by atoms with E-state index in [2.05, 4.69) is 20.9 Å². The van der Waals surface area contributed by atoms with E-state index in [4.69, 9.17) is 20.8 Å². The molecule has 5 heteroatoms. The van der Waals surface area contributed by atoms with Gasteiger partial charge in [0.15, 0.2) is 0 Å². The van der Waals surface area contributed by atoms with Gasteiger partial charge in [-0.15, -0.1) is 0 Å². The second kappa shape index (κ2) is 5.23. The van der Waals surface area contributed by atoms with Crippen LogP contribution in [0.1, 0.15) is 5.56 Å². The average molecular weight is 339 g/mol. The zero-order valence-corrected chi connectivity index (χ0v) is 12.1. The van der Waals surface area contributed by atoms with Crippen molar-refractivity contribution in [2.24, 2.45) is 0 Å². The number of hydrogen-bond donors (Lipinski definition) is 0. The maximum atomic E-state index is 6.09. The molecule has 0 bridgehead atoms. The molecule has 0 radical (unpaired) electrons. The van der Waals surface area contributed by atoms with E-state index >= 15 is 0 Å². The highest BCUT2D eigenvalue weighted by molar-refractivity contribution is 9.10. The number of pyridine rings is 1. The van der Waals surface area contributed by atoms with Crippen LogP contribution in [0.25, 0.3) is 11.0 Å².